The van der Waals surface area contributed by atoms with E-state index in [1.54, 1.807) is 6.21 Å². The van der Waals surface area contributed by atoms with Gasteiger partial charge in [0.2, 0.25) is 0 Å². The fraction of sp³-hybridized carbons (Fsp3) is 0.400. The molecule has 30 heavy (non-hydrogen) atoms. The first kappa shape index (κ1) is 23.5. The fourth-order valence-corrected chi connectivity index (χ4v) is 2.95. The summed E-state index contributed by atoms with van der Waals surface area (Å²) in [6.07, 6.45) is 7.56. The van der Waals surface area contributed by atoms with Gasteiger partial charge in [0.15, 0.2) is 0 Å². The zero-order valence-electron chi connectivity index (χ0n) is 18.5. The van der Waals surface area contributed by atoms with E-state index in [1.807, 2.05) is 55.5 Å². The maximum absolute atomic E-state index is 6.01. The van der Waals surface area contributed by atoms with Crippen molar-refractivity contribution in [3.63, 3.8) is 0 Å². The van der Waals surface area contributed by atoms with Gasteiger partial charge in [-0.2, -0.15) is 0 Å². The van der Waals surface area contributed by atoms with Gasteiger partial charge in [-0.15, -0.1) is 0 Å². The van der Waals surface area contributed by atoms with Gasteiger partial charge >= 0.3 is 0 Å². The van der Waals surface area contributed by atoms with Crippen LogP contribution in [0, 0.1) is 13.8 Å². The van der Waals surface area contributed by atoms with Crippen LogP contribution in [-0.2, 0) is 16.2 Å². The van der Waals surface area contributed by atoms with Crippen LogP contribution in [0.15, 0.2) is 53.7 Å². The number of benzene rings is 2. The van der Waals surface area contributed by atoms with Crippen molar-refractivity contribution in [2.24, 2.45) is 5.16 Å². The predicted octanol–water partition coefficient (Wildman–Crippen LogP) is 5.61. The number of rotatable bonds is 13. The van der Waals surface area contributed by atoms with E-state index in [4.69, 9.17) is 14.2 Å². The molecule has 5 nitrogen and oxygen atoms in total. The van der Waals surface area contributed by atoms with E-state index in [0.29, 0.717) is 26.4 Å². The number of hydrogen-bond donors (Lipinski definition) is 0. The third-order valence-corrected chi connectivity index (χ3v) is 4.50. The molecule has 0 aromatic heterocycles. The molecule has 0 aliphatic carbocycles. The van der Waals surface area contributed by atoms with Crippen LogP contribution in [-0.4, -0.2) is 33.1 Å². The Morgan fingerprint density at radius 2 is 1.63 bits per heavy atom. The van der Waals surface area contributed by atoms with Gasteiger partial charge in [0.1, 0.15) is 25.2 Å². The van der Waals surface area contributed by atoms with E-state index in [2.05, 4.69) is 23.8 Å². The highest BCUT2D eigenvalue weighted by atomic mass is 16.6. The second-order valence-electron chi connectivity index (χ2n) is 7.03. The number of hydrogen-bond acceptors (Lipinski definition) is 5. The second-order valence-corrected chi connectivity index (χ2v) is 7.03. The molecule has 5 heteroatoms. The molecule has 0 amide bonds. The van der Waals surface area contributed by atoms with Crippen LogP contribution in [0.3, 0.4) is 0 Å². The first-order valence-electron chi connectivity index (χ1n) is 10.3. The summed E-state index contributed by atoms with van der Waals surface area (Å²) < 4.78 is 17.5. The molecular formula is C25H33NO4. The summed E-state index contributed by atoms with van der Waals surface area (Å²) >= 11 is 0. The molecule has 0 N–H and O–H groups in total. The highest BCUT2D eigenvalue weighted by Gasteiger charge is 2.07. The number of oxime groups is 1. The molecule has 162 valence electrons. The van der Waals surface area contributed by atoms with Crippen LogP contribution in [0.2, 0.25) is 0 Å². The summed E-state index contributed by atoms with van der Waals surface area (Å²) in [4.78, 5) is 4.68. The fourth-order valence-electron chi connectivity index (χ4n) is 2.95. The molecule has 0 fully saturated rings. The molecule has 0 atom stereocenters. The molecule has 0 saturated heterocycles. The minimum atomic E-state index is 0.585. The average molecular weight is 412 g/mol. The lowest BCUT2D eigenvalue weighted by molar-refractivity contribution is 0.113. The van der Waals surface area contributed by atoms with Gasteiger partial charge < -0.3 is 19.0 Å². The third kappa shape index (κ3) is 8.29. The van der Waals surface area contributed by atoms with Crippen LogP contribution in [0.25, 0.3) is 0 Å². The quantitative estimate of drug-likeness (QED) is 0.186. The SMILES string of the molecule is C/C=C/COc1cc(C)c(OCCCCOCc2ccc(C=NOC)cc2)c(C)c1. The maximum Gasteiger partial charge on any atom is 0.125 e. The smallest absolute Gasteiger partial charge is 0.125 e. The predicted molar refractivity (Wildman–Crippen MR) is 122 cm³/mol. The van der Waals surface area contributed by atoms with E-state index in [-0.39, 0.29) is 0 Å². The Kier molecular flexibility index (Phi) is 10.5. The topological polar surface area (TPSA) is 49.3 Å². The van der Waals surface area contributed by atoms with Crippen molar-refractivity contribution in [1.82, 2.24) is 0 Å². The molecule has 2 aromatic rings. The van der Waals surface area contributed by atoms with E-state index in [9.17, 15) is 0 Å². The number of aryl methyl sites for hydroxylation is 2. The summed E-state index contributed by atoms with van der Waals surface area (Å²) in [6, 6.07) is 12.1. The Hall–Kier alpha value is -2.79. The molecule has 0 saturated carbocycles. The molecule has 0 aliphatic rings. The molecule has 0 spiro atoms. The lowest BCUT2D eigenvalue weighted by atomic mass is 10.1. The normalized spacial score (nSPS) is 11.3. The van der Waals surface area contributed by atoms with Crippen LogP contribution >= 0.6 is 0 Å². The van der Waals surface area contributed by atoms with Gasteiger partial charge in [-0.3, -0.25) is 0 Å². The van der Waals surface area contributed by atoms with Gasteiger partial charge in [-0.1, -0.05) is 41.6 Å². The van der Waals surface area contributed by atoms with Crippen molar-refractivity contribution in [2.45, 2.75) is 40.2 Å². The van der Waals surface area contributed by atoms with Crippen molar-refractivity contribution >= 4 is 6.21 Å². The third-order valence-electron chi connectivity index (χ3n) is 4.50. The molecule has 0 bridgehead atoms. The Bertz CT molecular complexity index is 789. The number of allylic oxidation sites excluding steroid dienone is 1. The molecule has 0 heterocycles. The average Bonchev–Trinajstić information content (AvgIpc) is 2.74. The molecule has 2 rings (SSSR count). The van der Waals surface area contributed by atoms with Gasteiger partial charge in [0.25, 0.3) is 0 Å². The van der Waals surface area contributed by atoms with Gasteiger partial charge in [0.05, 0.1) is 19.4 Å². The highest BCUT2D eigenvalue weighted by molar-refractivity contribution is 5.79. The monoisotopic (exact) mass is 411 g/mol. The maximum atomic E-state index is 6.01. The second kappa shape index (κ2) is 13.4. The summed E-state index contributed by atoms with van der Waals surface area (Å²) in [6.45, 7) is 8.68. The Morgan fingerprint density at radius 1 is 0.933 bits per heavy atom. The number of unbranched alkanes of at least 4 members (excludes halogenated alkanes) is 1. The van der Waals surface area contributed by atoms with Crippen LogP contribution in [0.1, 0.15) is 42.0 Å². The van der Waals surface area contributed by atoms with Gasteiger partial charge in [-0.05, 0) is 68.0 Å². The van der Waals surface area contributed by atoms with E-state index >= 15 is 0 Å². The zero-order chi connectivity index (χ0) is 21.6. The van der Waals surface area contributed by atoms with Crippen molar-refractivity contribution in [2.75, 3.05) is 26.9 Å². The Labute approximate surface area is 180 Å². The highest BCUT2D eigenvalue weighted by Crippen LogP contribution is 2.28. The Morgan fingerprint density at radius 3 is 2.30 bits per heavy atom. The van der Waals surface area contributed by atoms with Gasteiger partial charge in [-0.25, -0.2) is 0 Å². The minimum absolute atomic E-state index is 0.585. The first-order chi connectivity index (χ1) is 14.6. The molecular weight excluding hydrogens is 378 g/mol. The number of ether oxygens (including phenoxy) is 3. The standard InChI is InChI=1S/C25H33NO4/c1-5-6-14-29-24-16-20(2)25(21(3)17-24)30-15-8-7-13-28-19-23-11-9-22(10-12-23)18-26-27-4/h5-6,9-12,16-18H,7-8,13-15,19H2,1-4H3/b6-5+,26-18?. The summed E-state index contributed by atoms with van der Waals surface area (Å²) in [5.41, 5.74) is 4.34. The van der Waals surface area contributed by atoms with Crippen LogP contribution < -0.4 is 9.47 Å². The molecule has 0 aliphatic heterocycles. The van der Waals surface area contributed by atoms with Crippen molar-refractivity contribution in [3.8, 4) is 11.5 Å². The van der Waals surface area contributed by atoms with E-state index in [1.165, 1.54) is 7.11 Å². The first-order valence-corrected chi connectivity index (χ1v) is 10.3. The molecule has 0 radical (unpaired) electrons. The van der Waals surface area contributed by atoms with Crippen molar-refractivity contribution in [3.05, 3.63) is 70.8 Å². The van der Waals surface area contributed by atoms with E-state index < -0.39 is 0 Å². The lowest BCUT2D eigenvalue weighted by Gasteiger charge is -2.14. The molecule has 0 unspecified atom stereocenters. The minimum Gasteiger partial charge on any atom is -0.493 e. The Balaban J connectivity index is 1.65. The summed E-state index contributed by atoms with van der Waals surface area (Å²) in [5.74, 6) is 1.83. The largest absolute Gasteiger partial charge is 0.493 e. The van der Waals surface area contributed by atoms with E-state index in [0.717, 1.165) is 46.6 Å². The summed E-state index contributed by atoms with van der Waals surface area (Å²) in [7, 11) is 1.53. The molecule has 2 aromatic carbocycles. The van der Waals surface area contributed by atoms with Crippen molar-refractivity contribution < 1.29 is 19.0 Å². The van der Waals surface area contributed by atoms with Crippen molar-refractivity contribution in [1.29, 1.82) is 0 Å². The van der Waals surface area contributed by atoms with Crippen LogP contribution in [0.5, 0.6) is 11.5 Å². The zero-order valence-corrected chi connectivity index (χ0v) is 18.5. The lowest BCUT2D eigenvalue weighted by Crippen LogP contribution is -2.04. The van der Waals surface area contributed by atoms with Crippen LogP contribution in [0.4, 0.5) is 0 Å². The summed E-state index contributed by atoms with van der Waals surface area (Å²) in [5, 5.41) is 3.75. The number of nitrogens with zero attached hydrogens (tertiary/aromatic N) is 1. The van der Waals surface area contributed by atoms with Gasteiger partial charge in [0, 0.05) is 6.61 Å².